The average Bonchev–Trinajstić information content (AvgIpc) is 2.25. The summed E-state index contributed by atoms with van der Waals surface area (Å²) in [5.41, 5.74) is -0.220. The number of anilines is 1. The monoisotopic (exact) mass is 274 g/mol. The number of sulfone groups is 1. The second-order valence-electron chi connectivity index (χ2n) is 4.41. The highest BCUT2D eigenvalue weighted by molar-refractivity contribution is 7.92. The standard InChI is InChI=1S/C9H14N4O4S/c1-9(2,18(3,16)17)6-12-8-10-4-7(5-11-8)13(14)15/h4-5H,6H2,1-3H3,(H,10,11,12). The van der Waals surface area contributed by atoms with Gasteiger partial charge < -0.3 is 5.32 Å². The first-order chi connectivity index (χ1) is 8.13. The van der Waals surface area contributed by atoms with Crippen molar-refractivity contribution in [2.75, 3.05) is 18.1 Å². The molecule has 0 bridgehead atoms. The molecule has 0 fully saturated rings. The molecule has 8 nitrogen and oxygen atoms in total. The van der Waals surface area contributed by atoms with Gasteiger partial charge >= 0.3 is 5.69 Å². The van der Waals surface area contributed by atoms with Crippen LogP contribution in [0.1, 0.15) is 13.8 Å². The highest BCUT2D eigenvalue weighted by Gasteiger charge is 2.30. The van der Waals surface area contributed by atoms with E-state index in [-0.39, 0.29) is 18.2 Å². The van der Waals surface area contributed by atoms with E-state index in [0.717, 1.165) is 18.6 Å². The molecule has 1 N–H and O–H groups in total. The zero-order chi connectivity index (χ0) is 14.0. The fourth-order valence-electron chi connectivity index (χ4n) is 0.930. The van der Waals surface area contributed by atoms with E-state index in [1.54, 1.807) is 13.8 Å². The summed E-state index contributed by atoms with van der Waals surface area (Å²) in [5.74, 6) is 0.150. The summed E-state index contributed by atoms with van der Waals surface area (Å²) >= 11 is 0. The van der Waals surface area contributed by atoms with Crippen LogP contribution in [0.3, 0.4) is 0 Å². The van der Waals surface area contributed by atoms with Gasteiger partial charge in [0.1, 0.15) is 12.4 Å². The van der Waals surface area contributed by atoms with Crippen molar-refractivity contribution in [1.82, 2.24) is 9.97 Å². The van der Waals surface area contributed by atoms with E-state index in [9.17, 15) is 18.5 Å². The van der Waals surface area contributed by atoms with E-state index in [1.807, 2.05) is 0 Å². The Kier molecular flexibility index (Phi) is 3.85. The van der Waals surface area contributed by atoms with E-state index >= 15 is 0 Å². The average molecular weight is 274 g/mol. The molecule has 100 valence electrons. The van der Waals surface area contributed by atoms with Gasteiger partial charge in [-0.25, -0.2) is 18.4 Å². The van der Waals surface area contributed by atoms with E-state index in [2.05, 4.69) is 15.3 Å². The molecule has 9 heteroatoms. The van der Waals surface area contributed by atoms with Gasteiger partial charge in [-0.05, 0) is 13.8 Å². The number of nitro groups is 1. The Labute approximate surface area is 105 Å². The fourth-order valence-corrected chi connectivity index (χ4v) is 1.26. The molecule has 18 heavy (non-hydrogen) atoms. The molecule has 0 radical (unpaired) electrons. The van der Waals surface area contributed by atoms with E-state index < -0.39 is 19.5 Å². The van der Waals surface area contributed by atoms with Gasteiger partial charge in [-0.3, -0.25) is 10.1 Å². The highest BCUT2D eigenvalue weighted by atomic mass is 32.2. The van der Waals surface area contributed by atoms with Crippen molar-refractivity contribution in [3.8, 4) is 0 Å². The molecule has 0 unspecified atom stereocenters. The van der Waals surface area contributed by atoms with Gasteiger partial charge in [0.15, 0.2) is 9.84 Å². The van der Waals surface area contributed by atoms with Gasteiger partial charge in [-0.2, -0.15) is 0 Å². The summed E-state index contributed by atoms with van der Waals surface area (Å²) < 4.78 is 21.9. The quantitative estimate of drug-likeness (QED) is 0.618. The Hall–Kier alpha value is -1.77. The summed E-state index contributed by atoms with van der Waals surface area (Å²) in [7, 11) is -3.22. The molecule has 1 aromatic rings. The van der Waals surface area contributed by atoms with Crippen molar-refractivity contribution in [3.05, 3.63) is 22.5 Å². The Morgan fingerprint density at radius 2 is 1.89 bits per heavy atom. The molecule has 0 amide bonds. The number of rotatable bonds is 5. The van der Waals surface area contributed by atoms with Gasteiger partial charge in [-0.1, -0.05) is 0 Å². The van der Waals surface area contributed by atoms with Crippen LogP contribution in [-0.4, -0.2) is 40.9 Å². The predicted molar refractivity (Wildman–Crippen MR) is 66.1 cm³/mol. The molecule has 0 aliphatic heterocycles. The van der Waals surface area contributed by atoms with Gasteiger partial charge in [0.2, 0.25) is 5.95 Å². The van der Waals surface area contributed by atoms with Gasteiger partial charge in [-0.15, -0.1) is 0 Å². The number of aromatic nitrogens is 2. The first-order valence-electron chi connectivity index (χ1n) is 5.03. The Balaban J connectivity index is 2.73. The lowest BCUT2D eigenvalue weighted by Crippen LogP contribution is -2.38. The maximum absolute atomic E-state index is 11.4. The second kappa shape index (κ2) is 4.84. The summed E-state index contributed by atoms with van der Waals surface area (Å²) in [5, 5.41) is 13.1. The van der Waals surface area contributed by atoms with Crippen molar-refractivity contribution >= 4 is 21.5 Å². The van der Waals surface area contributed by atoms with Crippen molar-refractivity contribution in [3.63, 3.8) is 0 Å². The summed E-state index contributed by atoms with van der Waals surface area (Å²) in [6.45, 7) is 3.26. The van der Waals surface area contributed by atoms with Crippen LogP contribution in [0.5, 0.6) is 0 Å². The normalized spacial score (nSPS) is 12.2. The molecule has 1 rings (SSSR count). The number of nitrogens with zero attached hydrogens (tertiary/aromatic N) is 3. The third kappa shape index (κ3) is 3.36. The zero-order valence-corrected chi connectivity index (χ0v) is 11.1. The van der Waals surface area contributed by atoms with Crippen LogP contribution in [0, 0.1) is 10.1 Å². The second-order valence-corrected chi connectivity index (χ2v) is 7.06. The van der Waals surface area contributed by atoms with Gasteiger partial charge in [0, 0.05) is 12.8 Å². The van der Waals surface area contributed by atoms with Crippen molar-refractivity contribution in [2.24, 2.45) is 0 Å². The lowest BCUT2D eigenvalue weighted by Gasteiger charge is -2.22. The van der Waals surface area contributed by atoms with Crippen LogP contribution < -0.4 is 5.32 Å². The third-order valence-electron chi connectivity index (χ3n) is 2.53. The SMILES string of the molecule is CC(C)(CNc1ncc([N+](=O)[O-])cn1)S(C)(=O)=O. The zero-order valence-electron chi connectivity index (χ0n) is 10.2. The highest BCUT2D eigenvalue weighted by Crippen LogP contribution is 2.16. The van der Waals surface area contributed by atoms with Crippen molar-refractivity contribution < 1.29 is 13.3 Å². The fraction of sp³-hybridized carbons (Fsp3) is 0.556. The lowest BCUT2D eigenvalue weighted by atomic mass is 10.2. The Morgan fingerprint density at radius 3 is 2.28 bits per heavy atom. The predicted octanol–water partition coefficient (Wildman–Crippen LogP) is 0.620. The molecular weight excluding hydrogens is 260 g/mol. The third-order valence-corrected chi connectivity index (χ3v) is 4.68. The molecule has 0 atom stereocenters. The van der Waals surface area contributed by atoms with Crippen molar-refractivity contribution in [2.45, 2.75) is 18.6 Å². The maximum atomic E-state index is 11.4. The molecule has 1 aromatic heterocycles. The summed E-state index contributed by atoms with van der Waals surface area (Å²) in [6.07, 6.45) is 3.26. The first kappa shape index (κ1) is 14.3. The summed E-state index contributed by atoms with van der Waals surface area (Å²) in [4.78, 5) is 17.2. The number of hydrogen-bond donors (Lipinski definition) is 1. The van der Waals surface area contributed by atoms with E-state index in [0.29, 0.717) is 0 Å². The molecular formula is C9H14N4O4S. The smallest absolute Gasteiger partial charge is 0.305 e. The largest absolute Gasteiger partial charge is 0.353 e. The molecule has 0 aliphatic rings. The topological polar surface area (TPSA) is 115 Å². The number of nitrogens with one attached hydrogen (secondary N) is 1. The van der Waals surface area contributed by atoms with Crippen LogP contribution in [-0.2, 0) is 9.84 Å². The van der Waals surface area contributed by atoms with E-state index in [4.69, 9.17) is 0 Å². The minimum atomic E-state index is -3.22. The minimum Gasteiger partial charge on any atom is -0.353 e. The van der Waals surface area contributed by atoms with Crippen LogP contribution in [0.15, 0.2) is 12.4 Å². The molecule has 1 heterocycles. The Bertz CT molecular complexity index is 538. The van der Waals surface area contributed by atoms with Crippen LogP contribution in [0.2, 0.25) is 0 Å². The molecule has 0 saturated heterocycles. The van der Waals surface area contributed by atoms with E-state index in [1.165, 1.54) is 0 Å². The molecule has 0 aliphatic carbocycles. The lowest BCUT2D eigenvalue weighted by molar-refractivity contribution is -0.385. The molecule has 0 saturated carbocycles. The van der Waals surface area contributed by atoms with Gasteiger partial charge in [0.25, 0.3) is 0 Å². The van der Waals surface area contributed by atoms with Crippen LogP contribution >= 0.6 is 0 Å². The molecule has 0 aromatic carbocycles. The maximum Gasteiger partial charge on any atom is 0.305 e. The first-order valence-corrected chi connectivity index (χ1v) is 6.92. The molecule has 0 spiro atoms. The van der Waals surface area contributed by atoms with Crippen LogP contribution in [0.25, 0.3) is 0 Å². The summed E-state index contributed by atoms with van der Waals surface area (Å²) in [6, 6.07) is 0. The van der Waals surface area contributed by atoms with Gasteiger partial charge in [0.05, 0.1) is 9.67 Å². The Morgan fingerprint density at radius 1 is 1.39 bits per heavy atom. The van der Waals surface area contributed by atoms with Crippen molar-refractivity contribution in [1.29, 1.82) is 0 Å². The minimum absolute atomic E-state index is 0.115. The number of hydrogen-bond acceptors (Lipinski definition) is 7. The van der Waals surface area contributed by atoms with Crippen LogP contribution in [0.4, 0.5) is 11.6 Å².